The highest BCUT2D eigenvalue weighted by Gasteiger charge is 2.16. The Balaban J connectivity index is 1.89. The first-order valence-corrected chi connectivity index (χ1v) is 10.3. The minimum atomic E-state index is -0.487. The van der Waals surface area contributed by atoms with Gasteiger partial charge in [-0.15, -0.1) is 0 Å². The summed E-state index contributed by atoms with van der Waals surface area (Å²) in [5, 5.41) is 2.60. The van der Waals surface area contributed by atoms with E-state index in [9.17, 15) is 9.59 Å². The molecule has 3 heterocycles. The maximum atomic E-state index is 12.6. The molecule has 0 fully saturated rings. The molecule has 142 valence electrons. The Hall–Kier alpha value is -2.77. The summed E-state index contributed by atoms with van der Waals surface area (Å²) in [7, 11) is 0. The molecule has 5 nitrogen and oxygen atoms in total. The van der Waals surface area contributed by atoms with E-state index >= 15 is 0 Å². The summed E-state index contributed by atoms with van der Waals surface area (Å²) in [6, 6.07) is 14.3. The van der Waals surface area contributed by atoms with Crippen molar-refractivity contribution in [1.29, 1.82) is 0 Å². The van der Waals surface area contributed by atoms with Crippen molar-refractivity contribution in [2.75, 3.05) is 0 Å². The molecule has 0 saturated carbocycles. The lowest BCUT2D eigenvalue weighted by molar-refractivity contribution is 0.563. The quantitative estimate of drug-likeness (QED) is 0.205. The van der Waals surface area contributed by atoms with Crippen molar-refractivity contribution in [2.24, 2.45) is 0 Å². The Labute approximate surface area is 180 Å². The van der Waals surface area contributed by atoms with Gasteiger partial charge in [0.2, 0.25) is 0 Å². The van der Waals surface area contributed by atoms with Gasteiger partial charge in [0.1, 0.15) is 11.2 Å². The topological polar surface area (TPSA) is 73.3 Å². The van der Waals surface area contributed by atoms with Crippen LogP contribution in [0.25, 0.3) is 44.0 Å². The normalized spacial score (nSPS) is 11.6. The lowest BCUT2D eigenvalue weighted by Crippen LogP contribution is -2.07. The Morgan fingerprint density at radius 1 is 0.793 bits per heavy atom. The van der Waals surface area contributed by atoms with Gasteiger partial charge in [-0.1, -0.05) is 31.9 Å². The lowest BCUT2D eigenvalue weighted by Gasteiger charge is -2.08. The van der Waals surface area contributed by atoms with Gasteiger partial charge in [-0.3, -0.25) is 4.98 Å². The maximum absolute atomic E-state index is 12.6. The first kappa shape index (κ1) is 18.3. The van der Waals surface area contributed by atoms with E-state index in [0.717, 1.165) is 19.7 Å². The third kappa shape index (κ3) is 3.01. The number of nitrogens with zero attached hydrogens (tertiary/aromatic N) is 1. The van der Waals surface area contributed by atoms with E-state index in [2.05, 4.69) is 36.8 Å². The van der Waals surface area contributed by atoms with Crippen LogP contribution in [0.5, 0.6) is 0 Å². The number of rotatable bonds is 1. The van der Waals surface area contributed by atoms with Crippen molar-refractivity contribution < 1.29 is 8.83 Å². The largest absolute Gasteiger partial charge is 0.422 e. The zero-order chi connectivity index (χ0) is 20.3. The van der Waals surface area contributed by atoms with Crippen molar-refractivity contribution in [1.82, 2.24) is 4.98 Å². The minimum Gasteiger partial charge on any atom is -0.422 e. The molecule has 5 aromatic rings. The van der Waals surface area contributed by atoms with Crippen LogP contribution in [0, 0.1) is 6.92 Å². The fourth-order valence-electron chi connectivity index (χ4n) is 3.51. The summed E-state index contributed by atoms with van der Waals surface area (Å²) in [5.41, 5.74) is 1.28. The van der Waals surface area contributed by atoms with Crippen LogP contribution in [0.4, 0.5) is 0 Å². The second-order valence-electron chi connectivity index (χ2n) is 6.68. The number of aryl methyl sites for hydroxylation is 1. The van der Waals surface area contributed by atoms with Crippen molar-refractivity contribution in [3.8, 4) is 11.3 Å². The Bertz CT molecular complexity index is 1580. The van der Waals surface area contributed by atoms with E-state index in [1.165, 1.54) is 0 Å². The van der Waals surface area contributed by atoms with Crippen LogP contribution < -0.4 is 11.3 Å². The number of fused-ring (bicyclic) bond motifs is 4. The fraction of sp³-hybridized carbons (Fsp3) is 0.0455. The molecule has 0 atom stereocenters. The highest BCUT2D eigenvalue weighted by molar-refractivity contribution is 9.10. The van der Waals surface area contributed by atoms with Gasteiger partial charge in [0.15, 0.2) is 0 Å². The predicted octanol–water partition coefficient (Wildman–Crippen LogP) is 5.95. The molecule has 0 spiro atoms. The molecule has 0 unspecified atom stereocenters. The molecule has 0 bridgehead atoms. The standard InChI is InChI=1S/C22H11Br2NO4/c1-10-20-15(14-8-13(24)3-5-19(14)29-22(20)27)9-17(25-10)16-7-11-6-12(23)2-4-18(11)28-21(16)26/h2-9H,1H3. The van der Waals surface area contributed by atoms with Crippen molar-refractivity contribution in [3.63, 3.8) is 0 Å². The smallest absolute Gasteiger partial charge is 0.346 e. The molecule has 7 heteroatoms. The molecule has 0 aliphatic carbocycles. The Morgan fingerprint density at radius 2 is 1.48 bits per heavy atom. The Kier molecular flexibility index (Phi) is 4.18. The summed E-state index contributed by atoms with van der Waals surface area (Å²) in [4.78, 5) is 29.7. The third-order valence-corrected chi connectivity index (χ3v) is 5.80. The first-order valence-electron chi connectivity index (χ1n) is 8.68. The molecule has 2 aromatic carbocycles. The number of hydrogen-bond acceptors (Lipinski definition) is 5. The zero-order valence-electron chi connectivity index (χ0n) is 15.0. The van der Waals surface area contributed by atoms with Crippen LogP contribution in [0.15, 0.2) is 75.9 Å². The van der Waals surface area contributed by atoms with Crippen LogP contribution in [-0.2, 0) is 0 Å². The number of halogens is 2. The fourth-order valence-corrected chi connectivity index (χ4v) is 4.25. The molecule has 29 heavy (non-hydrogen) atoms. The van der Waals surface area contributed by atoms with Crippen LogP contribution in [0.2, 0.25) is 0 Å². The highest BCUT2D eigenvalue weighted by atomic mass is 79.9. The molecular weight excluding hydrogens is 502 g/mol. The van der Waals surface area contributed by atoms with Gasteiger partial charge in [0.05, 0.1) is 22.3 Å². The van der Waals surface area contributed by atoms with E-state index in [1.54, 1.807) is 31.2 Å². The van der Waals surface area contributed by atoms with Gasteiger partial charge in [-0.25, -0.2) is 9.59 Å². The summed E-state index contributed by atoms with van der Waals surface area (Å²) in [6.07, 6.45) is 0. The van der Waals surface area contributed by atoms with Gasteiger partial charge < -0.3 is 8.83 Å². The second kappa shape index (κ2) is 6.64. The van der Waals surface area contributed by atoms with E-state index < -0.39 is 11.3 Å². The summed E-state index contributed by atoms with van der Waals surface area (Å²) >= 11 is 6.89. The minimum absolute atomic E-state index is 0.331. The van der Waals surface area contributed by atoms with Gasteiger partial charge >= 0.3 is 11.3 Å². The van der Waals surface area contributed by atoms with Crippen LogP contribution >= 0.6 is 31.9 Å². The van der Waals surface area contributed by atoms with Crippen LogP contribution in [0.1, 0.15) is 5.69 Å². The maximum Gasteiger partial charge on any atom is 0.346 e. The van der Waals surface area contributed by atoms with Crippen molar-refractivity contribution in [3.05, 3.63) is 84.0 Å². The molecule has 0 saturated heterocycles. The molecule has 0 radical (unpaired) electrons. The van der Waals surface area contributed by atoms with Crippen molar-refractivity contribution >= 4 is 64.6 Å². The molecule has 0 aliphatic heterocycles. The molecule has 0 amide bonds. The monoisotopic (exact) mass is 511 g/mol. The predicted molar refractivity (Wildman–Crippen MR) is 119 cm³/mol. The van der Waals surface area contributed by atoms with Crippen LogP contribution in [-0.4, -0.2) is 4.98 Å². The molecule has 0 aliphatic rings. The van der Waals surface area contributed by atoms with Crippen molar-refractivity contribution in [2.45, 2.75) is 6.92 Å². The van der Waals surface area contributed by atoms with Gasteiger partial charge in [-0.2, -0.15) is 0 Å². The Morgan fingerprint density at radius 3 is 2.28 bits per heavy atom. The average molecular weight is 513 g/mol. The average Bonchev–Trinajstić information content (AvgIpc) is 2.68. The second-order valence-corrected chi connectivity index (χ2v) is 8.51. The van der Waals surface area contributed by atoms with E-state index in [1.807, 2.05) is 24.3 Å². The van der Waals surface area contributed by atoms with E-state index in [-0.39, 0.29) is 0 Å². The molecule has 0 N–H and O–H groups in total. The third-order valence-electron chi connectivity index (χ3n) is 4.81. The van der Waals surface area contributed by atoms with E-state index in [0.29, 0.717) is 38.9 Å². The highest BCUT2D eigenvalue weighted by Crippen LogP contribution is 2.30. The van der Waals surface area contributed by atoms with E-state index in [4.69, 9.17) is 8.83 Å². The van der Waals surface area contributed by atoms with Gasteiger partial charge in [-0.05, 0) is 55.5 Å². The first-order chi connectivity index (χ1) is 13.9. The summed E-state index contributed by atoms with van der Waals surface area (Å²) < 4.78 is 12.7. The lowest BCUT2D eigenvalue weighted by atomic mass is 10.0. The molecule has 5 rings (SSSR count). The number of benzene rings is 2. The summed E-state index contributed by atoms with van der Waals surface area (Å²) in [6.45, 7) is 1.73. The zero-order valence-corrected chi connectivity index (χ0v) is 18.1. The van der Waals surface area contributed by atoms with Gasteiger partial charge in [0.25, 0.3) is 0 Å². The number of aromatic nitrogens is 1. The summed E-state index contributed by atoms with van der Waals surface area (Å²) in [5.74, 6) is 0. The number of pyridine rings is 1. The SMILES string of the molecule is Cc1nc(-c2cc3cc(Br)ccc3oc2=O)cc2c1c(=O)oc1ccc(Br)cc12. The molecule has 3 aromatic heterocycles. The van der Waals surface area contributed by atoms with Gasteiger partial charge in [0, 0.05) is 25.1 Å². The number of hydrogen-bond donors (Lipinski definition) is 0. The molecular formula is C22H11Br2NO4. The van der Waals surface area contributed by atoms with Crippen LogP contribution in [0.3, 0.4) is 0 Å².